The van der Waals surface area contributed by atoms with Gasteiger partial charge >= 0.3 is 6.18 Å². The van der Waals surface area contributed by atoms with Crippen LogP contribution in [0, 0.1) is 0 Å². The summed E-state index contributed by atoms with van der Waals surface area (Å²) < 4.78 is 77.3. The molecule has 1 aliphatic heterocycles. The van der Waals surface area contributed by atoms with Gasteiger partial charge in [0, 0.05) is 31.4 Å². The maximum atomic E-state index is 12.5. The van der Waals surface area contributed by atoms with Gasteiger partial charge in [-0.15, -0.1) is 0 Å². The van der Waals surface area contributed by atoms with E-state index in [1.54, 1.807) is 0 Å². The molecule has 0 aromatic carbocycles. The largest absolute Gasteiger partial charge is 0.474 e. The molecule has 7 nitrogen and oxygen atoms in total. The highest BCUT2D eigenvalue weighted by Crippen LogP contribution is 2.30. The fourth-order valence-electron chi connectivity index (χ4n) is 3.16. The lowest BCUT2D eigenvalue weighted by Gasteiger charge is -2.32. The van der Waals surface area contributed by atoms with E-state index in [9.17, 15) is 21.6 Å². The SMILES string of the molecule is O=S(=O)(NC1CCC(Oc2ccc(C(F)(F)F)cn2)CC1)N1CCOCC1. The first-order valence-electron chi connectivity index (χ1n) is 8.79. The fourth-order valence-corrected chi connectivity index (χ4v) is 4.59. The van der Waals surface area contributed by atoms with E-state index < -0.39 is 21.9 Å². The third kappa shape index (κ3) is 5.53. The molecule has 3 rings (SSSR count). The molecule has 0 bridgehead atoms. The topological polar surface area (TPSA) is 80.8 Å². The molecule has 1 aromatic heterocycles. The Balaban J connectivity index is 1.47. The van der Waals surface area contributed by atoms with Crippen LogP contribution in [0.3, 0.4) is 0 Å². The van der Waals surface area contributed by atoms with Gasteiger partial charge in [0.15, 0.2) is 0 Å². The molecular formula is C16H22F3N3O4S. The third-order valence-corrected chi connectivity index (χ3v) is 6.33. The average Bonchev–Trinajstić information content (AvgIpc) is 2.64. The lowest BCUT2D eigenvalue weighted by Crippen LogP contribution is -2.50. The van der Waals surface area contributed by atoms with Crippen LogP contribution in [-0.2, 0) is 21.1 Å². The Bertz CT molecular complexity index is 713. The minimum Gasteiger partial charge on any atom is -0.474 e. The van der Waals surface area contributed by atoms with E-state index in [1.165, 1.54) is 10.4 Å². The molecule has 1 saturated heterocycles. The van der Waals surface area contributed by atoms with Crippen LogP contribution in [0.5, 0.6) is 5.88 Å². The van der Waals surface area contributed by atoms with Crippen molar-refractivity contribution in [2.45, 2.75) is 44.0 Å². The van der Waals surface area contributed by atoms with Crippen LogP contribution in [0.2, 0.25) is 0 Å². The third-order valence-electron chi connectivity index (χ3n) is 4.65. The summed E-state index contributed by atoms with van der Waals surface area (Å²) in [4.78, 5) is 3.71. The molecule has 2 fully saturated rings. The number of nitrogens with one attached hydrogen (secondary N) is 1. The van der Waals surface area contributed by atoms with Gasteiger partial charge in [0.05, 0.1) is 18.8 Å². The maximum absolute atomic E-state index is 12.5. The molecule has 0 amide bonds. The van der Waals surface area contributed by atoms with E-state index in [2.05, 4.69) is 9.71 Å². The number of hydrogen-bond donors (Lipinski definition) is 1. The van der Waals surface area contributed by atoms with E-state index in [0.717, 1.165) is 12.3 Å². The van der Waals surface area contributed by atoms with Gasteiger partial charge in [-0.3, -0.25) is 0 Å². The van der Waals surface area contributed by atoms with Crippen molar-refractivity contribution < 1.29 is 31.1 Å². The Labute approximate surface area is 156 Å². The van der Waals surface area contributed by atoms with Crippen molar-refractivity contribution in [3.05, 3.63) is 23.9 Å². The second-order valence-electron chi connectivity index (χ2n) is 6.61. The Morgan fingerprint density at radius 1 is 1.15 bits per heavy atom. The summed E-state index contributed by atoms with van der Waals surface area (Å²) in [5.74, 6) is 0.139. The molecule has 2 aliphatic rings. The molecule has 1 saturated carbocycles. The molecule has 0 radical (unpaired) electrons. The first kappa shape index (κ1) is 20.3. The summed E-state index contributed by atoms with van der Waals surface area (Å²) in [7, 11) is -3.53. The maximum Gasteiger partial charge on any atom is 0.417 e. The van der Waals surface area contributed by atoms with Crippen LogP contribution in [0.1, 0.15) is 31.2 Å². The highest BCUT2D eigenvalue weighted by Gasteiger charge is 2.32. The molecule has 2 heterocycles. The molecule has 1 N–H and O–H groups in total. The standard InChI is InChI=1S/C16H22F3N3O4S/c17-16(18,19)12-1-6-15(20-11-12)26-14-4-2-13(3-5-14)21-27(23,24)22-7-9-25-10-8-22/h1,6,11,13-14,21H,2-5,7-10H2. The monoisotopic (exact) mass is 409 g/mol. The van der Waals surface area contributed by atoms with Gasteiger partial charge in [-0.1, -0.05) is 0 Å². The molecule has 11 heteroatoms. The number of halogens is 3. The second-order valence-corrected chi connectivity index (χ2v) is 8.31. The minimum absolute atomic E-state index is 0.139. The second kappa shape index (κ2) is 8.29. The summed E-state index contributed by atoms with van der Waals surface area (Å²) in [5, 5.41) is 0. The Hall–Kier alpha value is -1.43. The zero-order chi connectivity index (χ0) is 19.5. The summed E-state index contributed by atoms with van der Waals surface area (Å²) in [6.45, 7) is 1.46. The summed E-state index contributed by atoms with van der Waals surface area (Å²) >= 11 is 0. The van der Waals surface area contributed by atoms with E-state index in [1.807, 2.05) is 0 Å². The molecule has 0 atom stereocenters. The van der Waals surface area contributed by atoms with Crippen LogP contribution in [0.25, 0.3) is 0 Å². The van der Waals surface area contributed by atoms with E-state index in [-0.39, 0.29) is 18.0 Å². The van der Waals surface area contributed by atoms with Gasteiger partial charge in [0.2, 0.25) is 5.88 Å². The number of hydrogen-bond acceptors (Lipinski definition) is 5. The number of morpholine rings is 1. The van der Waals surface area contributed by atoms with Gasteiger partial charge in [-0.2, -0.15) is 30.6 Å². The van der Waals surface area contributed by atoms with Crippen LogP contribution < -0.4 is 9.46 Å². The molecule has 27 heavy (non-hydrogen) atoms. The molecule has 0 unspecified atom stereocenters. The van der Waals surface area contributed by atoms with Gasteiger partial charge in [-0.25, -0.2) is 4.98 Å². The smallest absolute Gasteiger partial charge is 0.417 e. The van der Waals surface area contributed by atoms with Crippen LogP contribution in [0.15, 0.2) is 18.3 Å². The Kier molecular flexibility index (Phi) is 6.24. The van der Waals surface area contributed by atoms with Crippen molar-refractivity contribution in [1.29, 1.82) is 0 Å². The first-order valence-corrected chi connectivity index (χ1v) is 10.2. The van der Waals surface area contributed by atoms with Crippen molar-refractivity contribution >= 4 is 10.2 Å². The summed E-state index contributed by atoms with van der Waals surface area (Å²) in [5.41, 5.74) is -0.823. The molecule has 0 spiro atoms. The van der Waals surface area contributed by atoms with Crippen LogP contribution in [0.4, 0.5) is 13.2 Å². The van der Waals surface area contributed by atoms with Crippen LogP contribution in [-0.4, -0.2) is 56.2 Å². The number of nitrogens with zero attached hydrogens (tertiary/aromatic N) is 2. The molecule has 1 aliphatic carbocycles. The van der Waals surface area contributed by atoms with Gasteiger partial charge in [-0.05, 0) is 31.7 Å². The molecule has 152 valence electrons. The highest BCUT2D eigenvalue weighted by molar-refractivity contribution is 7.87. The molecular weight excluding hydrogens is 387 g/mol. The number of pyridine rings is 1. The lowest BCUT2D eigenvalue weighted by atomic mass is 9.94. The predicted octanol–water partition coefficient (Wildman–Crippen LogP) is 1.96. The van der Waals surface area contributed by atoms with Crippen molar-refractivity contribution in [1.82, 2.24) is 14.0 Å². The first-order chi connectivity index (χ1) is 12.7. The fraction of sp³-hybridized carbons (Fsp3) is 0.688. The van der Waals surface area contributed by atoms with Crippen molar-refractivity contribution in [2.24, 2.45) is 0 Å². The zero-order valence-corrected chi connectivity index (χ0v) is 15.4. The quantitative estimate of drug-likeness (QED) is 0.804. The number of alkyl halides is 3. The van der Waals surface area contributed by atoms with Crippen molar-refractivity contribution in [2.75, 3.05) is 26.3 Å². The van der Waals surface area contributed by atoms with Gasteiger partial charge in [0.25, 0.3) is 10.2 Å². The Morgan fingerprint density at radius 2 is 1.81 bits per heavy atom. The van der Waals surface area contributed by atoms with E-state index in [4.69, 9.17) is 9.47 Å². The van der Waals surface area contributed by atoms with Crippen LogP contribution >= 0.6 is 0 Å². The molecule has 1 aromatic rings. The normalized spacial score (nSPS) is 25.3. The van der Waals surface area contributed by atoms with Crippen molar-refractivity contribution in [3.63, 3.8) is 0 Å². The highest BCUT2D eigenvalue weighted by atomic mass is 32.2. The minimum atomic E-state index is -4.43. The predicted molar refractivity (Wildman–Crippen MR) is 90.4 cm³/mol. The summed E-state index contributed by atoms with van der Waals surface area (Å²) in [6.07, 6.45) is -1.50. The van der Waals surface area contributed by atoms with Gasteiger partial charge < -0.3 is 9.47 Å². The van der Waals surface area contributed by atoms with E-state index in [0.29, 0.717) is 52.0 Å². The number of aromatic nitrogens is 1. The number of ether oxygens (including phenoxy) is 2. The average molecular weight is 409 g/mol. The lowest BCUT2D eigenvalue weighted by molar-refractivity contribution is -0.137. The Morgan fingerprint density at radius 3 is 2.37 bits per heavy atom. The zero-order valence-electron chi connectivity index (χ0n) is 14.6. The van der Waals surface area contributed by atoms with E-state index >= 15 is 0 Å². The summed E-state index contributed by atoms with van der Waals surface area (Å²) in [6, 6.07) is 1.96. The van der Waals surface area contributed by atoms with Crippen molar-refractivity contribution in [3.8, 4) is 5.88 Å². The van der Waals surface area contributed by atoms with Gasteiger partial charge in [0.1, 0.15) is 6.10 Å². The number of rotatable bonds is 5.